The zero-order chi connectivity index (χ0) is 13.8. The van der Waals surface area contributed by atoms with Crippen molar-refractivity contribution in [3.05, 3.63) is 63.4 Å². The number of carbonyl (C=O) groups is 1. The largest absolute Gasteiger partial charge is 0.346 e. The first-order valence-corrected chi connectivity index (χ1v) is 6.82. The molecule has 98 valence electrons. The Balaban J connectivity index is 2.05. The van der Waals surface area contributed by atoms with Gasteiger partial charge in [0.25, 0.3) is 5.91 Å². The molecule has 2 rings (SSSR count). The van der Waals surface area contributed by atoms with Crippen LogP contribution in [0.25, 0.3) is 0 Å². The summed E-state index contributed by atoms with van der Waals surface area (Å²) in [6.45, 7) is 4.39. The number of nitrogens with zero attached hydrogens (tertiary/aromatic N) is 1. The van der Waals surface area contributed by atoms with Crippen LogP contribution in [0, 0.1) is 13.8 Å². The number of rotatable bonds is 3. The van der Waals surface area contributed by atoms with Crippen molar-refractivity contribution in [3.8, 4) is 0 Å². The van der Waals surface area contributed by atoms with Crippen LogP contribution >= 0.6 is 15.9 Å². The minimum absolute atomic E-state index is 0.0827. The van der Waals surface area contributed by atoms with Crippen LogP contribution < -0.4 is 5.32 Å². The minimum atomic E-state index is -0.0827. The first-order valence-electron chi connectivity index (χ1n) is 6.03. The molecule has 0 aliphatic heterocycles. The second-order valence-corrected chi connectivity index (χ2v) is 5.27. The number of halogens is 1. The van der Waals surface area contributed by atoms with E-state index < -0.39 is 0 Å². The van der Waals surface area contributed by atoms with Crippen molar-refractivity contribution in [2.45, 2.75) is 20.4 Å². The normalized spacial score (nSPS) is 10.3. The van der Waals surface area contributed by atoms with E-state index in [0.717, 1.165) is 21.3 Å². The Morgan fingerprint density at radius 3 is 2.74 bits per heavy atom. The molecule has 0 bridgehead atoms. The number of carbonyl (C=O) groups excluding carboxylic acids is 1. The van der Waals surface area contributed by atoms with Gasteiger partial charge < -0.3 is 5.32 Å². The van der Waals surface area contributed by atoms with Crippen LogP contribution in [0.5, 0.6) is 0 Å². The lowest BCUT2D eigenvalue weighted by atomic mass is 10.1. The highest BCUT2D eigenvalue weighted by molar-refractivity contribution is 9.10. The quantitative estimate of drug-likeness (QED) is 0.942. The number of amides is 1. The second-order valence-electron chi connectivity index (χ2n) is 4.41. The molecule has 0 fully saturated rings. The molecular formula is C15H15BrN2O. The van der Waals surface area contributed by atoms with E-state index in [9.17, 15) is 4.79 Å². The Labute approximate surface area is 121 Å². The maximum atomic E-state index is 12.0. The third-order valence-electron chi connectivity index (χ3n) is 2.95. The van der Waals surface area contributed by atoms with E-state index in [1.165, 1.54) is 0 Å². The summed E-state index contributed by atoms with van der Waals surface area (Å²) in [6.07, 6.45) is 1.73. The lowest BCUT2D eigenvalue weighted by molar-refractivity contribution is 0.0950. The van der Waals surface area contributed by atoms with Gasteiger partial charge in [0.2, 0.25) is 0 Å². The summed E-state index contributed by atoms with van der Waals surface area (Å²) in [5, 5.41) is 2.89. The summed E-state index contributed by atoms with van der Waals surface area (Å²) in [6, 6.07) is 9.43. The van der Waals surface area contributed by atoms with Crippen LogP contribution in [0.2, 0.25) is 0 Å². The Kier molecular flexibility index (Phi) is 4.32. The fourth-order valence-corrected chi connectivity index (χ4v) is 2.00. The molecule has 1 amide bonds. The third-order valence-corrected chi connectivity index (χ3v) is 3.84. The van der Waals surface area contributed by atoms with E-state index in [0.29, 0.717) is 12.1 Å². The van der Waals surface area contributed by atoms with Crippen molar-refractivity contribution in [2.75, 3.05) is 0 Å². The highest BCUT2D eigenvalue weighted by Gasteiger charge is 2.07. The highest BCUT2D eigenvalue weighted by Crippen LogP contribution is 2.17. The zero-order valence-corrected chi connectivity index (χ0v) is 12.5. The molecule has 0 aliphatic carbocycles. The van der Waals surface area contributed by atoms with Gasteiger partial charge in [-0.15, -0.1) is 0 Å². The lowest BCUT2D eigenvalue weighted by Gasteiger charge is -2.08. The fraction of sp³-hybridized carbons (Fsp3) is 0.200. The van der Waals surface area contributed by atoms with Gasteiger partial charge in [-0.25, -0.2) is 0 Å². The standard InChI is InChI=1S/C15H15BrN2O/c1-10-4-3-7-17-14(10)9-18-15(19)12-5-6-13(16)11(2)8-12/h3-8H,9H2,1-2H3,(H,18,19). The Morgan fingerprint density at radius 2 is 2.05 bits per heavy atom. The molecule has 1 N–H and O–H groups in total. The molecule has 4 heteroatoms. The van der Waals surface area contributed by atoms with E-state index in [2.05, 4.69) is 26.2 Å². The van der Waals surface area contributed by atoms with Gasteiger partial charge in [0.05, 0.1) is 12.2 Å². The predicted octanol–water partition coefficient (Wildman–Crippen LogP) is 3.39. The predicted molar refractivity (Wildman–Crippen MR) is 79.0 cm³/mol. The third kappa shape index (κ3) is 3.41. The van der Waals surface area contributed by atoms with Crippen molar-refractivity contribution >= 4 is 21.8 Å². The molecule has 0 aliphatic rings. The van der Waals surface area contributed by atoms with Crippen LogP contribution in [0.1, 0.15) is 27.2 Å². The Morgan fingerprint density at radius 1 is 1.26 bits per heavy atom. The molecule has 0 saturated carbocycles. The van der Waals surface area contributed by atoms with Gasteiger partial charge in [0.15, 0.2) is 0 Å². The number of nitrogens with one attached hydrogen (secondary N) is 1. The molecule has 19 heavy (non-hydrogen) atoms. The minimum Gasteiger partial charge on any atom is -0.346 e. The molecule has 0 unspecified atom stereocenters. The average molecular weight is 319 g/mol. The van der Waals surface area contributed by atoms with E-state index in [1.807, 2.05) is 38.1 Å². The summed E-state index contributed by atoms with van der Waals surface area (Å²) in [5.41, 5.74) is 3.68. The molecule has 0 saturated heterocycles. The topological polar surface area (TPSA) is 42.0 Å². The summed E-state index contributed by atoms with van der Waals surface area (Å²) in [4.78, 5) is 16.3. The van der Waals surface area contributed by atoms with Crippen LogP contribution in [-0.2, 0) is 6.54 Å². The maximum absolute atomic E-state index is 12.0. The van der Waals surface area contributed by atoms with Crippen molar-refractivity contribution in [1.82, 2.24) is 10.3 Å². The molecule has 0 atom stereocenters. The van der Waals surface area contributed by atoms with Gasteiger partial charge in [-0.05, 0) is 49.2 Å². The molecule has 1 aromatic heterocycles. The Hall–Kier alpha value is -1.68. The lowest BCUT2D eigenvalue weighted by Crippen LogP contribution is -2.23. The van der Waals surface area contributed by atoms with Crippen LogP contribution in [-0.4, -0.2) is 10.9 Å². The molecule has 0 spiro atoms. The van der Waals surface area contributed by atoms with Gasteiger partial charge in [-0.2, -0.15) is 0 Å². The SMILES string of the molecule is Cc1cc(C(=O)NCc2ncccc2C)ccc1Br. The van der Waals surface area contributed by atoms with E-state index in [-0.39, 0.29) is 5.91 Å². The highest BCUT2D eigenvalue weighted by atomic mass is 79.9. The molecule has 2 aromatic rings. The Bertz CT molecular complexity index is 611. The first-order chi connectivity index (χ1) is 9.08. The zero-order valence-electron chi connectivity index (χ0n) is 10.9. The van der Waals surface area contributed by atoms with Crippen molar-refractivity contribution in [3.63, 3.8) is 0 Å². The second kappa shape index (κ2) is 5.97. The number of pyridine rings is 1. The van der Waals surface area contributed by atoms with Gasteiger partial charge in [-0.3, -0.25) is 9.78 Å². The molecular weight excluding hydrogens is 304 g/mol. The van der Waals surface area contributed by atoms with E-state index >= 15 is 0 Å². The van der Waals surface area contributed by atoms with Crippen LogP contribution in [0.3, 0.4) is 0 Å². The molecule has 1 aromatic carbocycles. The summed E-state index contributed by atoms with van der Waals surface area (Å²) in [7, 11) is 0. The first kappa shape index (κ1) is 13.7. The van der Waals surface area contributed by atoms with Crippen molar-refractivity contribution < 1.29 is 4.79 Å². The number of hydrogen-bond acceptors (Lipinski definition) is 2. The molecule has 3 nitrogen and oxygen atoms in total. The fourth-order valence-electron chi connectivity index (χ4n) is 1.76. The van der Waals surface area contributed by atoms with E-state index in [1.54, 1.807) is 12.3 Å². The van der Waals surface area contributed by atoms with Gasteiger partial charge in [0.1, 0.15) is 0 Å². The molecule has 1 heterocycles. The number of benzene rings is 1. The smallest absolute Gasteiger partial charge is 0.251 e. The average Bonchev–Trinajstić information content (AvgIpc) is 2.40. The van der Waals surface area contributed by atoms with E-state index in [4.69, 9.17) is 0 Å². The van der Waals surface area contributed by atoms with Crippen molar-refractivity contribution in [1.29, 1.82) is 0 Å². The summed E-state index contributed by atoms with van der Waals surface area (Å²) < 4.78 is 1.00. The summed E-state index contributed by atoms with van der Waals surface area (Å²) in [5.74, 6) is -0.0827. The van der Waals surface area contributed by atoms with Gasteiger partial charge >= 0.3 is 0 Å². The van der Waals surface area contributed by atoms with Crippen molar-refractivity contribution in [2.24, 2.45) is 0 Å². The maximum Gasteiger partial charge on any atom is 0.251 e. The number of aromatic nitrogens is 1. The summed E-state index contributed by atoms with van der Waals surface area (Å²) >= 11 is 3.42. The molecule has 0 radical (unpaired) electrons. The number of aryl methyl sites for hydroxylation is 2. The monoisotopic (exact) mass is 318 g/mol. The van der Waals surface area contributed by atoms with Gasteiger partial charge in [-0.1, -0.05) is 22.0 Å². The number of hydrogen-bond donors (Lipinski definition) is 1. The van der Waals surface area contributed by atoms with Gasteiger partial charge in [0, 0.05) is 16.2 Å². The van der Waals surface area contributed by atoms with Crippen LogP contribution in [0.15, 0.2) is 41.0 Å². The van der Waals surface area contributed by atoms with Crippen LogP contribution in [0.4, 0.5) is 0 Å².